The van der Waals surface area contributed by atoms with Gasteiger partial charge in [-0.25, -0.2) is 18.2 Å². The van der Waals surface area contributed by atoms with Gasteiger partial charge in [0.1, 0.15) is 5.69 Å². The average Bonchev–Trinajstić information content (AvgIpc) is 3.35. The lowest BCUT2D eigenvalue weighted by molar-refractivity contribution is 0.0691. The molecule has 6 rings (SSSR count). The number of hydrogen-bond donors (Lipinski definition) is 2. The van der Waals surface area contributed by atoms with Crippen LogP contribution in [0.3, 0.4) is 0 Å². The van der Waals surface area contributed by atoms with E-state index in [9.17, 15) is 18.3 Å². The molecule has 0 atom stereocenters. The highest BCUT2D eigenvalue weighted by atomic mass is 32.2. The standard InChI is InChI=1S/C31H23N3O4S/c1-34(39(37,38)24-10-6-3-7-11-24)23-15-12-21(13-16-23)29-30-26(19-28(33-29)31(35)36)25-17-14-22(18-27(25)32-30)20-8-4-2-5-9-20/h2-19,32H,1H3,(H,35,36). The van der Waals surface area contributed by atoms with Crippen molar-refractivity contribution in [3.8, 4) is 22.4 Å². The third-order valence-electron chi connectivity index (χ3n) is 6.82. The van der Waals surface area contributed by atoms with E-state index in [4.69, 9.17) is 0 Å². The van der Waals surface area contributed by atoms with Gasteiger partial charge < -0.3 is 10.1 Å². The SMILES string of the molecule is CN(c1ccc(-c2nc(C(=O)O)cc3c2[nH]c2cc(-c4ccccc4)ccc23)cc1)S(=O)(=O)c1ccccc1. The summed E-state index contributed by atoms with van der Waals surface area (Å²) in [6.45, 7) is 0. The Kier molecular flexibility index (Phi) is 5.89. The number of nitrogens with one attached hydrogen (secondary N) is 1. The highest BCUT2D eigenvalue weighted by Gasteiger charge is 2.22. The summed E-state index contributed by atoms with van der Waals surface area (Å²) in [5.41, 5.74) is 5.22. The maximum Gasteiger partial charge on any atom is 0.354 e. The number of fused-ring (bicyclic) bond motifs is 3. The van der Waals surface area contributed by atoms with E-state index in [1.165, 1.54) is 11.4 Å². The molecule has 0 radical (unpaired) electrons. The highest BCUT2D eigenvalue weighted by molar-refractivity contribution is 7.92. The van der Waals surface area contributed by atoms with Gasteiger partial charge in [-0.2, -0.15) is 0 Å². The number of hydrogen-bond acceptors (Lipinski definition) is 4. The molecule has 0 aliphatic carbocycles. The molecule has 8 heteroatoms. The molecule has 2 N–H and O–H groups in total. The Morgan fingerprint density at radius 3 is 2.08 bits per heavy atom. The summed E-state index contributed by atoms with van der Waals surface area (Å²) in [5.74, 6) is -1.13. The molecule has 0 bridgehead atoms. The van der Waals surface area contributed by atoms with Gasteiger partial charge in [-0.15, -0.1) is 0 Å². The van der Waals surface area contributed by atoms with Crippen LogP contribution in [-0.2, 0) is 10.0 Å². The minimum absolute atomic E-state index is 0.0709. The van der Waals surface area contributed by atoms with Crippen LogP contribution < -0.4 is 4.31 Å². The molecule has 7 nitrogen and oxygen atoms in total. The zero-order valence-corrected chi connectivity index (χ0v) is 21.7. The first-order valence-corrected chi connectivity index (χ1v) is 13.7. The van der Waals surface area contributed by atoms with Crippen molar-refractivity contribution in [3.63, 3.8) is 0 Å². The van der Waals surface area contributed by atoms with Gasteiger partial charge in [0.25, 0.3) is 10.0 Å². The summed E-state index contributed by atoms with van der Waals surface area (Å²) in [6.07, 6.45) is 0. The number of carbonyl (C=O) groups is 1. The summed E-state index contributed by atoms with van der Waals surface area (Å²) in [4.78, 5) is 20.1. The molecule has 0 saturated heterocycles. The van der Waals surface area contributed by atoms with Crippen LogP contribution >= 0.6 is 0 Å². The molecule has 192 valence electrons. The number of aromatic nitrogens is 2. The Morgan fingerprint density at radius 2 is 1.41 bits per heavy atom. The highest BCUT2D eigenvalue weighted by Crippen LogP contribution is 2.35. The first-order chi connectivity index (χ1) is 18.8. The average molecular weight is 534 g/mol. The third kappa shape index (κ3) is 4.30. The lowest BCUT2D eigenvalue weighted by Gasteiger charge is -2.19. The van der Waals surface area contributed by atoms with Crippen LogP contribution in [0.5, 0.6) is 0 Å². The van der Waals surface area contributed by atoms with Gasteiger partial charge in [-0.1, -0.05) is 72.8 Å². The van der Waals surface area contributed by atoms with Crippen molar-refractivity contribution in [1.82, 2.24) is 9.97 Å². The Bertz CT molecular complexity index is 1950. The molecule has 0 spiro atoms. The minimum Gasteiger partial charge on any atom is -0.477 e. The summed E-state index contributed by atoms with van der Waals surface area (Å²) in [5, 5.41) is 11.4. The predicted molar refractivity (Wildman–Crippen MR) is 153 cm³/mol. The number of sulfonamides is 1. The van der Waals surface area contributed by atoms with Crippen molar-refractivity contribution in [2.45, 2.75) is 4.90 Å². The molecule has 6 aromatic rings. The molecular formula is C31H23N3O4S. The molecule has 0 amide bonds. The number of rotatable bonds is 6. The number of carboxylic acid groups (broad SMARTS) is 1. The number of aromatic amines is 1. The first-order valence-electron chi connectivity index (χ1n) is 12.2. The van der Waals surface area contributed by atoms with Crippen LogP contribution in [-0.4, -0.2) is 36.5 Å². The lowest BCUT2D eigenvalue weighted by Crippen LogP contribution is -2.26. The second-order valence-electron chi connectivity index (χ2n) is 9.17. The first kappa shape index (κ1) is 24.4. The Hall–Kier alpha value is -4.95. The fraction of sp³-hybridized carbons (Fsp3) is 0.0323. The van der Waals surface area contributed by atoms with Crippen molar-refractivity contribution in [2.24, 2.45) is 0 Å². The number of nitrogens with zero attached hydrogens (tertiary/aromatic N) is 2. The van der Waals surface area contributed by atoms with Gasteiger partial charge in [-0.05, 0) is 47.5 Å². The number of H-pyrrole nitrogens is 1. The van der Waals surface area contributed by atoms with Gasteiger partial charge in [0.05, 0.1) is 21.8 Å². The van der Waals surface area contributed by atoms with Crippen molar-refractivity contribution >= 4 is 43.5 Å². The molecule has 0 fully saturated rings. The minimum atomic E-state index is -3.73. The molecule has 2 aromatic heterocycles. The largest absolute Gasteiger partial charge is 0.477 e. The van der Waals surface area contributed by atoms with E-state index in [1.807, 2.05) is 48.5 Å². The summed E-state index contributed by atoms with van der Waals surface area (Å²) < 4.78 is 27.3. The topological polar surface area (TPSA) is 103 Å². The van der Waals surface area contributed by atoms with E-state index in [0.29, 0.717) is 22.5 Å². The van der Waals surface area contributed by atoms with Crippen LogP contribution in [0.2, 0.25) is 0 Å². The number of carboxylic acids is 1. The normalized spacial score (nSPS) is 11.6. The summed E-state index contributed by atoms with van der Waals surface area (Å²) in [6, 6.07) is 32.7. The maximum atomic E-state index is 13.1. The number of benzene rings is 4. The fourth-order valence-corrected chi connectivity index (χ4v) is 5.96. The van der Waals surface area contributed by atoms with Crippen molar-refractivity contribution in [3.05, 3.63) is 115 Å². The number of pyridine rings is 1. The Balaban J connectivity index is 1.45. The van der Waals surface area contributed by atoms with Gasteiger partial charge in [0, 0.05) is 28.9 Å². The maximum absolute atomic E-state index is 13.1. The quantitative estimate of drug-likeness (QED) is 0.252. The second-order valence-corrected chi connectivity index (χ2v) is 11.1. The van der Waals surface area contributed by atoms with Crippen molar-refractivity contribution in [1.29, 1.82) is 0 Å². The molecular weight excluding hydrogens is 510 g/mol. The van der Waals surface area contributed by atoms with E-state index in [2.05, 4.69) is 9.97 Å². The molecule has 39 heavy (non-hydrogen) atoms. The molecule has 2 heterocycles. The van der Waals surface area contributed by atoms with Crippen LogP contribution in [0, 0.1) is 0 Å². The van der Waals surface area contributed by atoms with Crippen molar-refractivity contribution < 1.29 is 18.3 Å². The monoisotopic (exact) mass is 533 g/mol. The zero-order chi connectivity index (χ0) is 27.1. The van der Waals surface area contributed by atoms with Crippen LogP contribution in [0.1, 0.15) is 10.5 Å². The second kappa shape index (κ2) is 9.41. The smallest absolute Gasteiger partial charge is 0.354 e. The van der Waals surface area contributed by atoms with Crippen LogP contribution in [0.25, 0.3) is 44.2 Å². The number of aromatic carboxylic acids is 1. The van der Waals surface area contributed by atoms with Crippen molar-refractivity contribution in [2.75, 3.05) is 11.4 Å². The van der Waals surface area contributed by atoms with E-state index >= 15 is 0 Å². The Morgan fingerprint density at radius 1 is 0.769 bits per heavy atom. The summed E-state index contributed by atoms with van der Waals surface area (Å²) >= 11 is 0. The lowest BCUT2D eigenvalue weighted by atomic mass is 10.0. The van der Waals surface area contributed by atoms with Gasteiger partial charge in [-0.3, -0.25) is 4.31 Å². The third-order valence-corrected chi connectivity index (χ3v) is 8.62. The number of anilines is 1. The summed E-state index contributed by atoms with van der Waals surface area (Å²) in [7, 11) is -2.23. The van der Waals surface area contributed by atoms with E-state index < -0.39 is 16.0 Å². The molecule has 0 aliphatic heterocycles. The van der Waals surface area contributed by atoms with Gasteiger partial charge >= 0.3 is 5.97 Å². The molecule has 4 aromatic carbocycles. The van der Waals surface area contributed by atoms with Crippen LogP contribution in [0.15, 0.2) is 114 Å². The fourth-order valence-electron chi connectivity index (χ4n) is 4.75. The van der Waals surface area contributed by atoms with Gasteiger partial charge in [0.2, 0.25) is 0 Å². The zero-order valence-electron chi connectivity index (χ0n) is 20.9. The molecule has 0 aliphatic rings. The molecule has 0 unspecified atom stereocenters. The van der Waals surface area contributed by atoms with E-state index in [0.717, 1.165) is 27.4 Å². The van der Waals surface area contributed by atoms with Gasteiger partial charge in [0.15, 0.2) is 0 Å². The molecule has 0 saturated carbocycles. The predicted octanol–water partition coefficient (Wildman–Crippen LogP) is 6.57. The Labute approximate surface area is 225 Å². The van der Waals surface area contributed by atoms with E-state index in [-0.39, 0.29) is 10.6 Å². The van der Waals surface area contributed by atoms with Crippen LogP contribution in [0.4, 0.5) is 5.69 Å². The van der Waals surface area contributed by atoms with E-state index in [1.54, 1.807) is 60.7 Å².